The third kappa shape index (κ3) is 3.43. The molecule has 0 unspecified atom stereocenters. The van der Waals surface area contributed by atoms with Crippen molar-refractivity contribution in [2.75, 3.05) is 6.54 Å². The highest BCUT2D eigenvalue weighted by Gasteiger charge is 2.35. The van der Waals surface area contributed by atoms with Crippen molar-refractivity contribution in [3.8, 4) is 0 Å². The van der Waals surface area contributed by atoms with Gasteiger partial charge in [-0.1, -0.05) is 27.2 Å². The van der Waals surface area contributed by atoms with Crippen LogP contribution in [-0.2, 0) is 0 Å². The van der Waals surface area contributed by atoms with E-state index in [0.29, 0.717) is 10.8 Å². The van der Waals surface area contributed by atoms with E-state index in [1.165, 1.54) is 38.5 Å². The summed E-state index contributed by atoms with van der Waals surface area (Å²) in [6.07, 6.45) is 8.16. The van der Waals surface area contributed by atoms with Gasteiger partial charge >= 0.3 is 0 Å². The van der Waals surface area contributed by atoms with Gasteiger partial charge < -0.3 is 5.73 Å². The molecule has 0 aromatic rings. The minimum absolute atomic E-state index is 0. The summed E-state index contributed by atoms with van der Waals surface area (Å²) < 4.78 is 0. The van der Waals surface area contributed by atoms with Crippen molar-refractivity contribution in [2.45, 2.75) is 59.3 Å². The van der Waals surface area contributed by atoms with E-state index >= 15 is 0 Å². The van der Waals surface area contributed by atoms with Crippen LogP contribution < -0.4 is 5.73 Å². The molecule has 0 aromatic carbocycles. The second-order valence-corrected chi connectivity index (χ2v) is 5.58. The number of hydrogen-bond acceptors (Lipinski definition) is 1. The van der Waals surface area contributed by atoms with E-state index in [1.807, 2.05) is 0 Å². The lowest BCUT2D eigenvalue weighted by Crippen LogP contribution is -2.35. The average molecular weight is 220 g/mol. The number of halogens is 1. The maximum atomic E-state index is 5.80. The zero-order chi connectivity index (χ0) is 9.95. The van der Waals surface area contributed by atoms with E-state index < -0.39 is 0 Å². The molecule has 1 fully saturated rings. The van der Waals surface area contributed by atoms with Gasteiger partial charge in [0.15, 0.2) is 0 Å². The first-order valence-electron chi connectivity index (χ1n) is 5.74. The predicted molar refractivity (Wildman–Crippen MR) is 65.9 cm³/mol. The molecule has 0 bridgehead atoms. The summed E-state index contributed by atoms with van der Waals surface area (Å²) in [7, 11) is 0. The summed E-state index contributed by atoms with van der Waals surface area (Å²) >= 11 is 0. The normalized spacial score (nSPS) is 37.7. The summed E-state index contributed by atoms with van der Waals surface area (Å²) in [5.41, 5.74) is 6.88. The molecule has 0 aromatic heterocycles. The molecule has 0 atom stereocenters. The van der Waals surface area contributed by atoms with E-state index in [2.05, 4.69) is 20.8 Å². The van der Waals surface area contributed by atoms with Crippen LogP contribution >= 0.6 is 12.4 Å². The number of rotatable bonds is 3. The summed E-state index contributed by atoms with van der Waals surface area (Å²) in [6, 6.07) is 0. The summed E-state index contributed by atoms with van der Waals surface area (Å²) in [5.74, 6) is 0. The monoisotopic (exact) mass is 219 g/mol. The van der Waals surface area contributed by atoms with Crippen molar-refractivity contribution in [3.05, 3.63) is 0 Å². The van der Waals surface area contributed by atoms with Gasteiger partial charge in [-0.3, -0.25) is 0 Å². The van der Waals surface area contributed by atoms with Crippen molar-refractivity contribution in [2.24, 2.45) is 16.6 Å². The number of hydrogen-bond donors (Lipinski definition) is 1. The maximum absolute atomic E-state index is 5.80. The Bertz CT molecular complexity index is 160. The van der Waals surface area contributed by atoms with Crippen molar-refractivity contribution in [1.82, 2.24) is 0 Å². The van der Waals surface area contributed by atoms with Crippen LogP contribution in [0.4, 0.5) is 0 Å². The Labute approximate surface area is 95.2 Å². The van der Waals surface area contributed by atoms with Crippen LogP contribution in [0.25, 0.3) is 0 Å². The van der Waals surface area contributed by atoms with Crippen molar-refractivity contribution in [1.29, 1.82) is 0 Å². The van der Waals surface area contributed by atoms with Crippen LogP contribution in [0.1, 0.15) is 59.3 Å². The van der Waals surface area contributed by atoms with Crippen LogP contribution in [0.15, 0.2) is 0 Å². The largest absolute Gasteiger partial charge is 0.330 e. The van der Waals surface area contributed by atoms with Gasteiger partial charge in [0.05, 0.1) is 0 Å². The van der Waals surface area contributed by atoms with Crippen LogP contribution in [-0.4, -0.2) is 6.54 Å². The van der Waals surface area contributed by atoms with Gasteiger partial charge in [-0.25, -0.2) is 0 Å². The van der Waals surface area contributed by atoms with Gasteiger partial charge in [-0.15, -0.1) is 12.4 Å². The molecule has 0 amide bonds. The Morgan fingerprint density at radius 3 is 1.79 bits per heavy atom. The van der Waals surface area contributed by atoms with Crippen LogP contribution in [0.2, 0.25) is 0 Å². The molecule has 14 heavy (non-hydrogen) atoms. The fourth-order valence-corrected chi connectivity index (χ4v) is 2.51. The highest BCUT2D eigenvalue weighted by Crippen LogP contribution is 2.46. The topological polar surface area (TPSA) is 26.0 Å². The minimum Gasteiger partial charge on any atom is -0.330 e. The first kappa shape index (κ1) is 14.2. The lowest BCUT2D eigenvalue weighted by Gasteiger charge is -2.42. The Morgan fingerprint density at radius 1 is 1.00 bits per heavy atom. The minimum atomic E-state index is 0. The molecular formula is C12H26ClN. The van der Waals surface area contributed by atoms with Gasteiger partial charge in [-0.2, -0.15) is 0 Å². The fraction of sp³-hybridized carbons (Fsp3) is 1.00. The van der Waals surface area contributed by atoms with Gasteiger partial charge in [0.2, 0.25) is 0 Å². The standard InChI is InChI=1S/C12H25N.ClH/c1-4-5-11(2)6-8-12(3,10-13)9-7-11;/h4-10,13H2,1-3H3;1H. The third-order valence-corrected chi connectivity index (χ3v) is 4.01. The second-order valence-electron chi connectivity index (χ2n) is 5.58. The lowest BCUT2D eigenvalue weighted by atomic mass is 9.64. The maximum Gasteiger partial charge on any atom is -0.00232 e. The summed E-state index contributed by atoms with van der Waals surface area (Å²) in [6.45, 7) is 7.96. The number of nitrogens with two attached hydrogens (primary N) is 1. The molecule has 0 radical (unpaired) electrons. The van der Waals surface area contributed by atoms with Crippen LogP contribution in [0.3, 0.4) is 0 Å². The molecule has 2 heteroatoms. The molecule has 2 N–H and O–H groups in total. The SMILES string of the molecule is CCCC1(C)CCC(C)(CN)CC1.Cl. The summed E-state index contributed by atoms with van der Waals surface area (Å²) in [5, 5.41) is 0. The Morgan fingerprint density at radius 2 is 1.43 bits per heavy atom. The first-order valence-corrected chi connectivity index (χ1v) is 5.74. The van der Waals surface area contributed by atoms with Crippen LogP contribution in [0, 0.1) is 10.8 Å². The smallest absolute Gasteiger partial charge is 0.00232 e. The molecule has 0 spiro atoms. The van der Waals surface area contributed by atoms with E-state index in [9.17, 15) is 0 Å². The zero-order valence-corrected chi connectivity index (χ0v) is 10.8. The van der Waals surface area contributed by atoms with Gasteiger partial charge in [-0.05, 0) is 49.5 Å². The van der Waals surface area contributed by atoms with E-state index in [-0.39, 0.29) is 12.4 Å². The lowest BCUT2D eigenvalue weighted by molar-refractivity contribution is 0.101. The van der Waals surface area contributed by atoms with Crippen molar-refractivity contribution >= 4 is 12.4 Å². The van der Waals surface area contributed by atoms with Crippen LogP contribution in [0.5, 0.6) is 0 Å². The van der Waals surface area contributed by atoms with Crippen molar-refractivity contribution < 1.29 is 0 Å². The van der Waals surface area contributed by atoms with E-state index in [1.54, 1.807) is 0 Å². The molecule has 1 rings (SSSR count). The molecule has 0 heterocycles. The van der Waals surface area contributed by atoms with E-state index in [0.717, 1.165) is 6.54 Å². The Kier molecular flexibility index (Phi) is 5.46. The fourth-order valence-electron chi connectivity index (χ4n) is 2.51. The molecule has 0 saturated heterocycles. The molecule has 1 saturated carbocycles. The Balaban J connectivity index is 0.00000169. The zero-order valence-electron chi connectivity index (χ0n) is 9.94. The van der Waals surface area contributed by atoms with Gasteiger partial charge in [0.1, 0.15) is 0 Å². The summed E-state index contributed by atoms with van der Waals surface area (Å²) in [4.78, 5) is 0. The molecular weight excluding hydrogens is 194 g/mol. The highest BCUT2D eigenvalue weighted by molar-refractivity contribution is 5.85. The molecule has 1 nitrogen and oxygen atoms in total. The molecule has 0 aliphatic heterocycles. The van der Waals surface area contributed by atoms with E-state index in [4.69, 9.17) is 5.73 Å². The van der Waals surface area contributed by atoms with Crippen molar-refractivity contribution in [3.63, 3.8) is 0 Å². The second kappa shape index (κ2) is 5.37. The first-order chi connectivity index (χ1) is 6.04. The molecule has 1 aliphatic carbocycles. The molecule has 1 aliphatic rings. The third-order valence-electron chi connectivity index (χ3n) is 4.01. The quantitative estimate of drug-likeness (QED) is 0.769. The molecule has 86 valence electrons. The van der Waals surface area contributed by atoms with Gasteiger partial charge in [0.25, 0.3) is 0 Å². The van der Waals surface area contributed by atoms with Gasteiger partial charge in [0, 0.05) is 0 Å². The Hall–Kier alpha value is 0.250. The predicted octanol–water partition coefficient (Wildman–Crippen LogP) is 3.75. The average Bonchev–Trinajstić information content (AvgIpc) is 2.12. The highest BCUT2D eigenvalue weighted by atomic mass is 35.5.